The molecule has 0 amide bonds. The standard InChI is InChI=1S/C6H13O5P/c1-2-12(9,10-5-3-7)11-6-4-8/h2,7-8H,1,3-6H2. The number of aliphatic hydroxyl groups excluding tert-OH is 2. The van der Waals surface area contributed by atoms with Gasteiger partial charge in [0.1, 0.15) is 0 Å². The molecule has 6 heteroatoms. The van der Waals surface area contributed by atoms with Crippen molar-refractivity contribution in [1.82, 2.24) is 0 Å². The number of hydrogen-bond acceptors (Lipinski definition) is 5. The number of rotatable bonds is 7. The fourth-order valence-electron chi connectivity index (χ4n) is 0.479. The molecule has 0 fully saturated rings. The molecule has 5 nitrogen and oxygen atoms in total. The lowest BCUT2D eigenvalue weighted by Gasteiger charge is -2.12. The van der Waals surface area contributed by atoms with E-state index in [2.05, 4.69) is 15.6 Å². The van der Waals surface area contributed by atoms with Crippen LogP contribution in [0.1, 0.15) is 0 Å². The van der Waals surface area contributed by atoms with Crippen molar-refractivity contribution in [3.8, 4) is 0 Å². The quantitative estimate of drug-likeness (QED) is 0.574. The Morgan fingerprint density at radius 3 is 1.92 bits per heavy atom. The summed E-state index contributed by atoms with van der Waals surface area (Å²) in [5.74, 6) is 1.04. The first-order valence-corrected chi connectivity index (χ1v) is 5.04. The fraction of sp³-hybridized carbons (Fsp3) is 0.667. The normalized spacial score (nSPS) is 11.5. The van der Waals surface area contributed by atoms with Crippen LogP contribution < -0.4 is 0 Å². The van der Waals surface area contributed by atoms with Crippen LogP contribution in [0.2, 0.25) is 0 Å². The van der Waals surface area contributed by atoms with Crippen LogP contribution in [0, 0.1) is 0 Å². The van der Waals surface area contributed by atoms with Crippen molar-refractivity contribution in [1.29, 1.82) is 0 Å². The summed E-state index contributed by atoms with van der Waals surface area (Å²) in [6, 6.07) is 0. The van der Waals surface area contributed by atoms with Crippen LogP contribution in [0.3, 0.4) is 0 Å². The lowest BCUT2D eigenvalue weighted by atomic mass is 10.8. The van der Waals surface area contributed by atoms with E-state index in [1.165, 1.54) is 0 Å². The summed E-state index contributed by atoms with van der Waals surface area (Å²) >= 11 is 0. The van der Waals surface area contributed by atoms with E-state index >= 15 is 0 Å². The average molecular weight is 196 g/mol. The van der Waals surface area contributed by atoms with Crippen molar-refractivity contribution in [3.63, 3.8) is 0 Å². The summed E-state index contributed by atoms with van der Waals surface area (Å²) in [4.78, 5) is 0. The highest BCUT2D eigenvalue weighted by molar-refractivity contribution is 7.57. The molecule has 0 unspecified atom stereocenters. The Morgan fingerprint density at radius 2 is 1.67 bits per heavy atom. The molecule has 0 aromatic carbocycles. The lowest BCUT2D eigenvalue weighted by Crippen LogP contribution is -2.02. The van der Waals surface area contributed by atoms with E-state index in [0.717, 1.165) is 5.82 Å². The topological polar surface area (TPSA) is 76.0 Å². The molecule has 2 N–H and O–H groups in total. The fourth-order valence-corrected chi connectivity index (χ4v) is 1.44. The van der Waals surface area contributed by atoms with Crippen LogP contribution >= 0.6 is 7.60 Å². The van der Waals surface area contributed by atoms with E-state index in [1.54, 1.807) is 0 Å². The van der Waals surface area contributed by atoms with Gasteiger partial charge in [-0.2, -0.15) is 0 Å². The summed E-state index contributed by atoms with van der Waals surface area (Å²) in [5.41, 5.74) is 0. The van der Waals surface area contributed by atoms with Crippen LogP contribution in [-0.2, 0) is 13.6 Å². The van der Waals surface area contributed by atoms with Crippen molar-refractivity contribution in [3.05, 3.63) is 12.4 Å². The van der Waals surface area contributed by atoms with E-state index in [1.807, 2.05) is 0 Å². The highest BCUT2D eigenvalue weighted by Crippen LogP contribution is 2.48. The molecule has 0 aromatic rings. The highest BCUT2D eigenvalue weighted by Gasteiger charge is 2.18. The van der Waals surface area contributed by atoms with Gasteiger partial charge >= 0.3 is 7.60 Å². The molecule has 0 atom stereocenters. The Hall–Kier alpha value is -0.190. The lowest BCUT2D eigenvalue weighted by molar-refractivity contribution is 0.146. The summed E-state index contributed by atoms with van der Waals surface area (Å²) in [7, 11) is -3.29. The van der Waals surface area contributed by atoms with Gasteiger partial charge < -0.3 is 19.3 Å². The minimum Gasteiger partial charge on any atom is -0.394 e. The second kappa shape index (κ2) is 6.34. The Balaban J connectivity index is 3.87. The molecule has 0 bridgehead atoms. The van der Waals surface area contributed by atoms with Gasteiger partial charge in [0.25, 0.3) is 0 Å². The van der Waals surface area contributed by atoms with Gasteiger partial charge in [-0.3, -0.25) is 4.57 Å². The smallest absolute Gasteiger partial charge is 0.353 e. The Labute approximate surface area is 71.2 Å². The SMILES string of the molecule is C=CP(=O)(OCCO)OCCO. The van der Waals surface area contributed by atoms with Crippen molar-refractivity contribution >= 4 is 7.60 Å². The predicted molar refractivity (Wildman–Crippen MR) is 43.9 cm³/mol. The van der Waals surface area contributed by atoms with Gasteiger partial charge in [0, 0.05) is 5.82 Å². The summed E-state index contributed by atoms with van der Waals surface area (Å²) < 4.78 is 20.7. The van der Waals surface area contributed by atoms with Gasteiger partial charge in [-0.15, -0.1) is 0 Å². The van der Waals surface area contributed by atoms with Gasteiger partial charge in [0.05, 0.1) is 26.4 Å². The summed E-state index contributed by atoms with van der Waals surface area (Å²) in [6.45, 7) is 2.64. The molecule has 0 rings (SSSR count). The Kier molecular flexibility index (Phi) is 6.24. The molecular formula is C6H13O5P. The van der Waals surface area contributed by atoms with Gasteiger partial charge in [-0.05, 0) is 0 Å². The van der Waals surface area contributed by atoms with E-state index in [9.17, 15) is 4.57 Å². The van der Waals surface area contributed by atoms with Crippen molar-refractivity contribution in [2.45, 2.75) is 0 Å². The zero-order valence-corrected chi connectivity index (χ0v) is 7.57. The van der Waals surface area contributed by atoms with E-state index in [-0.39, 0.29) is 26.4 Å². The number of hydrogen-bond donors (Lipinski definition) is 2. The molecule has 0 spiro atoms. The molecule has 0 heterocycles. The maximum atomic E-state index is 11.3. The van der Waals surface area contributed by atoms with Gasteiger partial charge in [0.2, 0.25) is 0 Å². The second-order valence-corrected chi connectivity index (χ2v) is 3.80. The maximum Gasteiger partial charge on any atom is 0.353 e. The highest BCUT2D eigenvalue weighted by atomic mass is 31.2. The molecule has 12 heavy (non-hydrogen) atoms. The van der Waals surface area contributed by atoms with Crippen molar-refractivity contribution < 1.29 is 23.8 Å². The zero-order valence-electron chi connectivity index (χ0n) is 6.68. The number of aliphatic hydroxyl groups is 2. The third-order valence-corrected chi connectivity index (χ3v) is 2.48. The molecule has 0 aliphatic rings. The van der Waals surface area contributed by atoms with Gasteiger partial charge in [-0.25, -0.2) is 0 Å². The molecule has 0 radical (unpaired) electrons. The summed E-state index contributed by atoms with van der Waals surface area (Å²) in [5, 5.41) is 16.7. The van der Waals surface area contributed by atoms with Crippen LogP contribution in [0.4, 0.5) is 0 Å². The third-order valence-electron chi connectivity index (χ3n) is 0.949. The Morgan fingerprint density at radius 1 is 1.25 bits per heavy atom. The minimum absolute atomic E-state index is 0.0747. The van der Waals surface area contributed by atoms with Gasteiger partial charge in [0.15, 0.2) is 0 Å². The first-order chi connectivity index (χ1) is 5.68. The van der Waals surface area contributed by atoms with E-state index in [4.69, 9.17) is 10.2 Å². The molecule has 0 aliphatic carbocycles. The first-order valence-electron chi connectivity index (χ1n) is 3.42. The van der Waals surface area contributed by atoms with Crippen LogP contribution in [0.25, 0.3) is 0 Å². The second-order valence-electron chi connectivity index (χ2n) is 1.84. The molecular weight excluding hydrogens is 183 g/mol. The molecule has 72 valence electrons. The van der Waals surface area contributed by atoms with E-state index < -0.39 is 7.60 Å². The van der Waals surface area contributed by atoms with Crippen molar-refractivity contribution in [2.75, 3.05) is 26.4 Å². The van der Waals surface area contributed by atoms with Crippen molar-refractivity contribution in [2.24, 2.45) is 0 Å². The molecule has 0 saturated heterocycles. The largest absolute Gasteiger partial charge is 0.394 e. The molecule has 0 aliphatic heterocycles. The third kappa shape index (κ3) is 4.64. The maximum absolute atomic E-state index is 11.3. The van der Waals surface area contributed by atoms with E-state index in [0.29, 0.717) is 0 Å². The molecule has 0 aromatic heterocycles. The summed E-state index contributed by atoms with van der Waals surface area (Å²) in [6.07, 6.45) is 0. The predicted octanol–water partition coefficient (Wildman–Crippen LogP) is 0.341. The van der Waals surface area contributed by atoms with Gasteiger partial charge in [-0.1, -0.05) is 6.58 Å². The van der Waals surface area contributed by atoms with Crippen LogP contribution in [0.15, 0.2) is 12.4 Å². The molecule has 0 saturated carbocycles. The minimum atomic E-state index is -3.29. The Bertz CT molecular complexity index is 157. The first kappa shape index (κ1) is 11.8. The zero-order chi connectivity index (χ0) is 9.45. The average Bonchev–Trinajstić information content (AvgIpc) is 2.11. The van der Waals surface area contributed by atoms with Crippen LogP contribution in [-0.4, -0.2) is 36.6 Å². The monoisotopic (exact) mass is 196 g/mol. The van der Waals surface area contributed by atoms with Crippen LogP contribution in [0.5, 0.6) is 0 Å².